The van der Waals surface area contributed by atoms with Gasteiger partial charge < -0.3 is 15.9 Å². The Balaban J connectivity index is 3.39. The summed E-state index contributed by atoms with van der Waals surface area (Å²) < 4.78 is 0.871. The fourth-order valence-electron chi connectivity index (χ4n) is 1.41. The minimum Gasteiger partial charge on any atom is -0.507 e. The van der Waals surface area contributed by atoms with Crippen molar-refractivity contribution in [2.75, 3.05) is 6.54 Å². The van der Waals surface area contributed by atoms with Crippen molar-refractivity contribution in [2.24, 2.45) is 5.73 Å². The summed E-state index contributed by atoms with van der Waals surface area (Å²) in [7, 11) is 0. The normalized spacial score (nSPS) is 12.9. The maximum atomic E-state index is 9.77. The molecular formula is C10H14BrNO2. The van der Waals surface area contributed by atoms with E-state index in [2.05, 4.69) is 15.9 Å². The van der Waals surface area contributed by atoms with Crippen molar-refractivity contribution in [3.05, 3.63) is 27.2 Å². The van der Waals surface area contributed by atoms with E-state index in [1.807, 2.05) is 13.0 Å². The zero-order chi connectivity index (χ0) is 10.9. The molecule has 0 heterocycles. The number of hydrogen-bond donors (Lipinski definition) is 3. The lowest BCUT2D eigenvalue weighted by atomic mass is 9.99. The van der Waals surface area contributed by atoms with E-state index >= 15 is 0 Å². The third-order valence-corrected chi connectivity index (χ3v) is 3.11. The van der Waals surface area contributed by atoms with E-state index in [0.717, 1.165) is 15.6 Å². The van der Waals surface area contributed by atoms with Gasteiger partial charge >= 0.3 is 0 Å². The molecule has 4 heteroatoms. The van der Waals surface area contributed by atoms with Crippen molar-refractivity contribution < 1.29 is 10.2 Å². The van der Waals surface area contributed by atoms with Crippen LogP contribution in [0.25, 0.3) is 0 Å². The number of aliphatic hydroxyl groups excluding tert-OH is 1. The summed E-state index contributed by atoms with van der Waals surface area (Å²) in [5, 5.41) is 19.4. The molecule has 1 aromatic rings. The van der Waals surface area contributed by atoms with Crippen LogP contribution in [0.1, 0.15) is 22.8 Å². The molecule has 0 amide bonds. The number of benzene rings is 1. The molecule has 4 N–H and O–H groups in total. The molecule has 0 aliphatic rings. The van der Waals surface area contributed by atoms with Crippen LogP contribution in [-0.2, 0) is 0 Å². The number of phenolic OH excluding ortho intramolecular Hbond substituents is 1. The van der Waals surface area contributed by atoms with E-state index in [9.17, 15) is 10.2 Å². The summed E-state index contributed by atoms with van der Waals surface area (Å²) in [5.41, 5.74) is 7.43. The molecule has 78 valence electrons. The highest BCUT2D eigenvalue weighted by molar-refractivity contribution is 9.10. The molecule has 1 atom stereocenters. The number of hydrogen-bond acceptors (Lipinski definition) is 3. The Morgan fingerprint density at radius 3 is 2.57 bits per heavy atom. The van der Waals surface area contributed by atoms with Crippen LogP contribution in [0.5, 0.6) is 5.75 Å². The molecule has 1 rings (SSSR count). The summed E-state index contributed by atoms with van der Waals surface area (Å²) in [6, 6.07) is 1.82. The van der Waals surface area contributed by atoms with Crippen LogP contribution < -0.4 is 5.73 Å². The molecule has 1 unspecified atom stereocenters. The van der Waals surface area contributed by atoms with Crippen molar-refractivity contribution in [3.63, 3.8) is 0 Å². The number of phenols is 1. The van der Waals surface area contributed by atoms with E-state index in [-0.39, 0.29) is 12.3 Å². The fraction of sp³-hybridized carbons (Fsp3) is 0.400. The smallest absolute Gasteiger partial charge is 0.124 e. The first-order valence-electron chi connectivity index (χ1n) is 4.35. The molecule has 3 nitrogen and oxygen atoms in total. The van der Waals surface area contributed by atoms with Gasteiger partial charge in [0.2, 0.25) is 0 Å². The lowest BCUT2D eigenvalue weighted by Gasteiger charge is -2.16. The first kappa shape index (κ1) is 11.5. The van der Waals surface area contributed by atoms with Crippen LogP contribution in [0.3, 0.4) is 0 Å². The lowest BCUT2D eigenvalue weighted by Crippen LogP contribution is -2.13. The van der Waals surface area contributed by atoms with Crippen molar-refractivity contribution in [1.29, 1.82) is 0 Å². The van der Waals surface area contributed by atoms with E-state index in [1.54, 1.807) is 6.92 Å². The maximum Gasteiger partial charge on any atom is 0.124 e. The summed E-state index contributed by atoms with van der Waals surface area (Å²) in [5.74, 6) is 0.128. The van der Waals surface area contributed by atoms with E-state index in [1.165, 1.54) is 0 Å². The summed E-state index contributed by atoms with van der Waals surface area (Å²) >= 11 is 3.37. The Kier molecular flexibility index (Phi) is 3.53. The molecule has 0 radical (unpaired) electrons. The van der Waals surface area contributed by atoms with Gasteiger partial charge in [-0.1, -0.05) is 15.9 Å². The predicted molar refractivity (Wildman–Crippen MR) is 59.3 cm³/mol. The monoisotopic (exact) mass is 259 g/mol. The van der Waals surface area contributed by atoms with Gasteiger partial charge in [0, 0.05) is 16.6 Å². The second-order valence-electron chi connectivity index (χ2n) is 3.31. The topological polar surface area (TPSA) is 66.5 Å². The standard InChI is InChI=1S/C10H14BrNO2/c1-5-3-7(11)6(2)9(10(5)14)8(13)4-12/h3,8,13-14H,4,12H2,1-2H3. The van der Waals surface area contributed by atoms with Gasteiger partial charge in [-0.2, -0.15) is 0 Å². The van der Waals surface area contributed by atoms with E-state index in [0.29, 0.717) is 5.56 Å². The molecule has 0 aromatic heterocycles. The zero-order valence-corrected chi connectivity index (χ0v) is 9.80. The van der Waals surface area contributed by atoms with Gasteiger partial charge in [0.05, 0.1) is 6.10 Å². The van der Waals surface area contributed by atoms with Gasteiger partial charge in [0.25, 0.3) is 0 Å². The average molecular weight is 260 g/mol. The quantitative estimate of drug-likeness (QED) is 0.759. The van der Waals surface area contributed by atoms with Gasteiger partial charge in [-0.3, -0.25) is 0 Å². The minimum atomic E-state index is -0.814. The minimum absolute atomic E-state index is 0.101. The first-order valence-corrected chi connectivity index (χ1v) is 5.15. The van der Waals surface area contributed by atoms with Crippen molar-refractivity contribution in [1.82, 2.24) is 0 Å². The van der Waals surface area contributed by atoms with Gasteiger partial charge in [0.1, 0.15) is 5.75 Å². The number of aromatic hydroxyl groups is 1. The number of nitrogens with two attached hydrogens (primary N) is 1. The van der Waals surface area contributed by atoms with E-state index < -0.39 is 6.10 Å². The number of aliphatic hydroxyl groups is 1. The Labute approximate surface area is 91.7 Å². The fourth-order valence-corrected chi connectivity index (χ4v) is 1.97. The van der Waals surface area contributed by atoms with Gasteiger partial charge in [-0.15, -0.1) is 0 Å². The highest BCUT2D eigenvalue weighted by Crippen LogP contribution is 2.35. The highest BCUT2D eigenvalue weighted by atomic mass is 79.9. The van der Waals surface area contributed by atoms with Crippen molar-refractivity contribution in [2.45, 2.75) is 20.0 Å². The number of halogens is 1. The van der Waals surface area contributed by atoms with Crippen molar-refractivity contribution >= 4 is 15.9 Å². The lowest BCUT2D eigenvalue weighted by molar-refractivity contribution is 0.181. The molecule has 0 aliphatic carbocycles. The Hall–Kier alpha value is -0.580. The summed E-state index contributed by atoms with van der Waals surface area (Å²) in [4.78, 5) is 0. The second-order valence-corrected chi connectivity index (χ2v) is 4.17. The summed E-state index contributed by atoms with van der Waals surface area (Å²) in [6.07, 6.45) is -0.814. The van der Waals surface area contributed by atoms with Crippen LogP contribution in [0.15, 0.2) is 10.5 Å². The third-order valence-electron chi connectivity index (χ3n) is 2.29. The summed E-state index contributed by atoms with van der Waals surface area (Å²) in [6.45, 7) is 3.72. The third kappa shape index (κ3) is 1.92. The molecule has 0 aliphatic heterocycles. The van der Waals surface area contributed by atoms with Crippen LogP contribution in [0, 0.1) is 13.8 Å². The average Bonchev–Trinajstić information content (AvgIpc) is 2.15. The SMILES string of the molecule is Cc1cc(Br)c(C)c(C(O)CN)c1O. The molecule has 14 heavy (non-hydrogen) atoms. The van der Waals surface area contributed by atoms with Gasteiger partial charge in [-0.05, 0) is 31.0 Å². The Morgan fingerprint density at radius 1 is 1.50 bits per heavy atom. The molecule has 0 bridgehead atoms. The van der Waals surface area contributed by atoms with Crippen molar-refractivity contribution in [3.8, 4) is 5.75 Å². The largest absolute Gasteiger partial charge is 0.507 e. The van der Waals surface area contributed by atoms with Crippen LogP contribution >= 0.6 is 15.9 Å². The number of rotatable bonds is 2. The molecule has 0 saturated heterocycles. The molecule has 0 spiro atoms. The van der Waals surface area contributed by atoms with Gasteiger partial charge in [-0.25, -0.2) is 0 Å². The zero-order valence-electron chi connectivity index (χ0n) is 8.21. The molecule has 0 saturated carbocycles. The van der Waals surface area contributed by atoms with Crippen LogP contribution in [0.4, 0.5) is 0 Å². The molecule has 1 aromatic carbocycles. The molecular weight excluding hydrogens is 246 g/mol. The highest BCUT2D eigenvalue weighted by Gasteiger charge is 2.17. The molecule has 0 fully saturated rings. The Morgan fingerprint density at radius 2 is 2.07 bits per heavy atom. The first-order chi connectivity index (χ1) is 6.49. The number of aryl methyl sites for hydroxylation is 1. The van der Waals surface area contributed by atoms with Crippen LogP contribution in [-0.4, -0.2) is 16.8 Å². The van der Waals surface area contributed by atoms with Crippen LogP contribution in [0.2, 0.25) is 0 Å². The predicted octanol–water partition coefficient (Wildman–Crippen LogP) is 1.76. The Bertz CT molecular complexity index is 326. The van der Waals surface area contributed by atoms with E-state index in [4.69, 9.17) is 5.73 Å². The van der Waals surface area contributed by atoms with Gasteiger partial charge in [0.15, 0.2) is 0 Å². The maximum absolute atomic E-state index is 9.77. The second kappa shape index (κ2) is 4.29.